The van der Waals surface area contributed by atoms with Crippen molar-refractivity contribution >= 4 is 20.0 Å². The molecule has 1 heterocycles. The van der Waals surface area contributed by atoms with Crippen molar-refractivity contribution in [1.29, 1.82) is 0 Å². The molecule has 1 saturated heterocycles. The van der Waals surface area contributed by atoms with Gasteiger partial charge >= 0.3 is 0 Å². The predicted octanol–water partition coefficient (Wildman–Crippen LogP) is 4.22. The molecule has 0 spiro atoms. The van der Waals surface area contributed by atoms with Crippen LogP contribution in [0.1, 0.15) is 54.2 Å². The molecule has 0 aromatic heterocycles. The minimum Gasteiger partial charge on any atom is -0.207 e. The normalized spacial score (nSPS) is 16.8. The molecule has 6 nitrogen and oxygen atoms in total. The second-order valence-electron chi connectivity index (χ2n) is 10.0. The van der Waals surface area contributed by atoms with Crippen LogP contribution in [0.4, 0.5) is 0 Å². The molecule has 0 saturated carbocycles. The van der Waals surface area contributed by atoms with Gasteiger partial charge in [-0.25, -0.2) is 16.8 Å². The van der Waals surface area contributed by atoms with E-state index in [1.807, 2.05) is 46.8 Å². The molecular formula is C25H36N2O4S2. The van der Waals surface area contributed by atoms with Gasteiger partial charge in [-0.1, -0.05) is 32.9 Å². The lowest BCUT2D eigenvalue weighted by molar-refractivity contribution is 0.272. The SMILES string of the molecule is Cc1c(C)c(C)c(S(=O)(=O)N2CCN(S(=O)(=O)c3ccc(C(C)(C)C)cc3)CC2)c(C)c1C. The molecule has 0 amide bonds. The predicted molar refractivity (Wildman–Crippen MR) is 133 cm³/mol. The van der Waals surface area contributed by atoms with Gasteiger partial charge in [0.05, 0.1) is 9.79 Å². The van der Waals surface area contributed by atoms with Crippen molar-refractivity contribution < 1.29 is 16.8 Å². The summed E-state index contributed by atoms with van der Waals surface area (Å²) in [4.78, 5) is 0.598. The Balaban J connectivity index is 1.84. The van der Waals surface area contributed by atoms with Crippen LogP contribution in [0.15, 0.2) is 34.1 Å². The number of piperazine rings is 1. The quantitative estimate of drug-likeness (QED) is 0.640. The molecule has 1 aliphatic rings. The fraction of sp³-hybridized carbons (Fsp3) is 0.520. The lowest BCUT2D eigenvalue weighted by Crippen LogP contribution is -2.50. The Bertz CT molecular complexity index is 1240. The second kappa shape index (κ2) is 8.80. The first-order valence-corrected chi connectivity index (χ1v) is 14.2. The summed E-state index contributed by atoms with van der Waals surface area (Å²) in [6.45, 7) is 16.4. The molecule has 0 N–H and O–H groups in total. The molecular weight excluding hydrogens is 456 g/mol. The smallest absolute Gasteiger partial charge is 0.207 e. The van der Waals surface area contributed by atoms with Crippen LogP contribution in [-0.2, 0) is 25.5 Å². The zero-order chi connectivity index (χ0) is 24.9. The molecule has 3 rings (SSSR count). The maximum atomic E-state index is 13.6. The van der Waals surface area contributed by atoms with E-state index in [1.54, 1.807) is 12.1 Å². The van der Waals surface area contributed by atoms with Gasteiger partial charge in [0.1, 0.15) is 0 Å². The first-order chi connectivity index (χ1) is 15.1. The minimum atomic E-state index is -3.73. The van der Waals surface area contributed by atoms with Gasteiger partial charge in [0.15, 0.2) is 0 Å². The van der Waals surface area contributed by atoms with Gasteiger partial charge in [-0.15, -0.1) is 0 Å². The highest BCUT2D eigenvalue weighted by Crippen LogP contribution is 2.32. The Kier molecular flexibility index (Phi) is 6.90. The van der Waals surface area contributed by atoms with Crippen molar-refractivity contribution in [2.24, 2.45) is 0 Å². The third kappa shape index (κ3) is 4.63. The Hall–Kier alpha value is -1.74. The van der Waals surface area contributed by atoms with Crippen LogP contribution in [0.25, 0.3) is 0 Å². The molecule has 0 radical (unpaired) electrons. The number of hydrogen-bond acceptors (Lipinski definition) is 4. The number of rotatable bonds is 4. The zero-order valence-electron chi connectivity index (χ0n) is 21.0. The summed E-state index contributed by atoms with van der Waals surface area (Å²) in [7, 11) is -7.41. The van der Waals surface area contributed by atoms with E-state index in [0.29, 0.717) is 4.90 Å². The van der Waals surface area contributed by atoms with Crippen LogP contribution >= 0.6 is 0 Å². The largest absolute Gasteiger partial charge is 0.243 e. The van der Waals surface area contributed by atoms with Gasteiger partial charge in [0, 0.05) is 26.2 Å². The Morgan fingerprint density at radius 3 is 1.36 bits per heavy atom. The summed E-state index contributed by atoms with van der Waals surface area (Å²) >= 11 is 0. The van der Waals surface area contributed by atoms with Crippen LogP contribution in [0, 0.1) is 34.6 Å². The van der Waals surface area contributed by atoms with Crippen molar-refractivity contribution in [3.05, 3.63) is 57.6 Å². The van der Waals surface area contributed by atoms with Gasteiger partial charge in [-0.05, 0) is 85.5 Å². The molecule has 1 fully saturated rings. The molecule has 0 aliphatic carbocycles. The van der Waals surface area contributed by atoms with Crippen LogP contribution in [0.3, 0.4) is 0 Å². The number of nitrogens with zero attached hydrogens (tertiary/aromatic N) is 2. The van der Waals surface area contributed by atoms with Gasteiger partial charge in [-0.3, -0.25) is 0 Å². The van der Waals surface area contributed by atoms with Crippen LogP contribution in [-0.4, -0.2) is 51.6 Å². The summed E-state index contributed by atoms with van der Waals surface area (Å²) in [5.41, 5.74) is 5.61. The monoisotopic (exact) mass is 492 g/mol. The summed E-state index contributed by atoms with van der Waals surface area (Å²) in [6.07, 6.45) is 0. The highest BCUT2D eigenvalue weighted by Gasteiger charge is 2.36. The molecule has 2 aromatic rings. The maximum absolute atomic E-state index is 13.6. The summed E-state index contributed by atoms with van der Waals surface area (Å²) in [5, 5.41) is 0. The third-order valence-electron chi connectivity index (χ3n) is 7.08. The fourth-order valence-electron chi connectivity index (χ4n) is 4.41. The number of benzene rings is 2. The fourth-order valence-corrected chi connectivity index (χ4v) is 7.81. The van der Waals surface area contributed by atoms with E-state index in [2.05, 4.69) is 20.8 Å². The molecule has 0 unspecified atom stereocenters. The van der Waals surface area contributed by atoms with E-state index in [9.17, 15) is 16.8 Å². The Morgan fingerprint density at radius 1 is 0.606 bits per heavy atom. The van der Waals surface area contributed by atoms with Crippen molar-refractivity contribution in [2.75, 3.05) is 26.2 Å². The summed E-state index contributed by atoms with van der Waals surface area (Å²) in [5.74, 6) is 0. The van der Waals surface area contributed by atoms with Crippen molar-refractivity contribution in [1.82, 2.24) is 8.61 Å². The Labute approximate surface area is 199 Å². The highest BCUT2D eigenvalue weighted by molar-refractivity contribution is 7.89. The van der Waals surface area contributed by atoms with E-state index >= 15 is 0 Å². The standard InChI is InChI=1S/C25H36N2O4S2/c1-17-18(2)20(4)24(21(5)19(17)3)33(30,31)27-15-13-26(14-16-27)32(28,29)23-11-9-22(10-12-23)25(6,7)8/h9-12H,13-16H2,1-8H3. The van der Waals surface area contributed by atoms with E-state index < -0.39 is 20.0 Å². The van der Waals surface area contributed by atoms with Gasteiger partial charge < -0.3 is 0 Å². The second-order valence-corrected chi connectivity index (χ2v) is 13.8. The Morgan fingerprint density at radius 2 is 0.970 bits per heavy atom. The molecule has 1 aliphatic heterocycles. The molecule has 0 atom stereocenters. The highest BCUT2D eigenvalue weighted by atomic mass is 32.2. The van der Waals surface area contributed by atoms with Gasteiger partial charge in [0.2, 0.25) is 20.0 Å². The maximum Gasteiger partial charge on any atom is 0.243 e. The first kappa shape index (κ1) is 25.9. The molecule has 182 valence electrons. The third-order valence-corrected chi connectivity index (χ3v) is 11.2. The molecule has 33 heavy (non-hydrogen) atoms. The van der Waals surface area contributed by atoms with Crippen molar-refractivity contribution in [2.45, 2.75) is 70.6 Å². The van der Waals surface area contributed by atoms with Gasteiger partial charge in [-0.2, -0.15) is 8.61 Å². The first-order valence-electron chi connectivity index (χ1n) is 11.3. The van der Waals surface area contributed by atoms with Crippen molar-refractivity contribution in [3.8, 4) is 0 Å². The summed E-state index contributed by atoms with van der Waals surface area (Å²) < 4.78 is 56.3. The molecule has 2 aromatic carbocycles. The van der Waals surface area contributed by atoms with Crippen LogP contribution in [0.2, 0.25) is 0 Å². The zero-order valence-corrected chi connectivity index (χ0v) is 22.6. The van der Waals surface area contributed by atoms with Crippen LogP contribution < -0.4 is 0 Å². The molecule has 0 bridgehead atoms. The lowest BCUT2D eigenvalue weighted by Gasteiger charge is -2.34. The average Bonchev–Trinajstić information content (AvgIpc) is 2.76. The number of hydrogen-bond donors (Lipinski definition) is 0. The topological polar surface area (TPSA) is 74.8 Å². The van der Waals surface area contributed by atoms with Crippen LogP contribution in [0.5, 0.6) is 0 Å². The van der Waals surface area contributed by atoms with Crippen molar-refractivity contribution in [3.63, 3.8) is 0 Å². The van der Waals surface area contributed by atoms with Gasteiger partial charge in [0.25, 0.3) is 0 Å². The van der Waals surface area contributed by atoms with E-state index in [0.717, 1.165) is 33.4 Å². The minimum absolute atomic E-state index is 0.0643. The van der Waals surface area contributed by atoms with E-state index in [4.69, 9.17) is 0 Å². The number of sulfonamides is 2. The molecule has 8 heteroatoms. The summed E-state index contributed by atoms with van der Waals surface area (Å²) in [6, 6.07) is 6.98. The lowest BCUT2D eigenvalue weighted by atomic mass is 9.87. The van der Waals surface area contributed by atoms with E-state index in [1.165, 1.54) is 8.61 Å². The van der Waals surface area contributed by atoms with E-state index in [-0.39, 0.29) is 36.5 Å². The average molecular weight is 493 g/mol.